The monoisotopic (exact) mass is 251 g/mol. The van der Waals surface area contributed by atoms with Crippen LogP contribution in [0.5, 0.6) is 0 Å². The van der Waals surface area contributed by atoms with Crippen LogP contribution >= 0.6 is 0 Å². The first-order valence-electron chi connectivity index (χ1n) is 6.31. The third-order valence-corrected chi connectivity index (χ3v) is 2.62. The molecule has 0 aromatic heterocycles. The zero-order chi connectivity index (χ0) is 13.5. The van der Waals surface area contributed by atoms with Crippen molar-refractivity contribution in [2.75, 3.05) is 23.7 Å². The van der Waals surface area contributed by atoms with Gasteiger partial charge >= 0.3 is 5.69 Å². The third-order valence-electron chi connectivity index (χ3n) is 2.62. The number of nitrogens with one attached hydrogen (secondary N) is 2. The molecule has 0 saturated carbocycles. The Balaban J connectivity index is 2.88. The SMILES string of the molecule is CCNc1cccc(NCCC(C)C)c1[N+](=O)[O-]. The molecule has 0 aliphatic carbocycles. The second kappa shape index (κ2) is 6.83. The van der Waals surface area contributed by atoms with Gasteiger partial charge < -0.3 is 10.6 Å². The number of benzene rings is 1. The molecule has 0 heterocycles. The molecule has 0 aliphatic rings. The van der Waals surface area contributed by atoms with Gasteiger partial charge in [0, 0.05) is 13.1 Å². The number of nitrogens with zero attached hydrogens (tertiary/aromatic N) is 1. The molecule has 1 aromatic carbocycles. The van der Waals surface area contributed by atoms with Gasteiger partial charge in [0.2, 0.25) is 0 Å². The van der Waals surface area contributed by atoms with Crippen LogP contribution in [0.1, 0.15) is 27.2 Å². The quantitative estimate of drug-likeness (QED) is 0.575. The Hall–Kier alpha value is -1.78. The molecule has 0 amide bonds. The van der Waals surface area contributed by atoms with Crippen molar-refractivity contribution in [3.8, 4) is 0 Å². The van der Waals surface area contributed by atoms with E-state index in [0.717, 1.165) is 13.0 Å². The molecule has 0 saturated heterocycles. The van der Waals surface area contributed by atoms with Crippen LogP contribution in [0.2, 0.25) is 0 Å². The van der Waals surface area contributed by atoms with Gasteiger partial charge in [-0.25, -0.2) is 0 Å². The Labute approximate surface area is 108 Å². The largest absolute Gasteiger partial charge is 0.380 e. The highest BCUT2D eigenvalue weighted by Crippen LogP contribution is 2.32. The smallest absolute Gasteiger partial charge is 0.315 e. The number of para-hydroxylation sites is 1. The van der Waals surface area contributed by atoms with E-state index in [0.29, 0.717) is 23.8 Å². The summed E-state index contributed by atoms with van der Waals surface area (Å²) in [6.45, 7) is 7.59. The van der Waals surface area contributed by atoms with E-state index in [4.69, 9.17) is 0 Å². The first kappa shape index (κ1) is 14.3. The zero-order valence-electron chi connectivity index (χ0n) is 11.2. The molecule has 0 atom stereocenters. The minimum absolute atomic E-state index is 0.128. The summed E-state index contributed by atoms with van der Waals surface area (Å²) in [5.41, 5.74) is 1.28. The van der Waals surface area contributed by atoms with Crippen LogP contribution in [-0.2, 0) is 0 Å². The number of rotatable bonds is 7. The highest BCUT2D eigenvalue weighted by molar-refractivity contribution is 5.76. The summed E-state index contributed by atoms with van der Waals surface area (Å²) in [4.78, 5) is 10.8. The van der Waals surface area contributed by atoms with Crippen molar-refractivity contribution in [2.24, 2.45) is 5.92 Å². The van der Waals surface area contributed by atoms with Crippen molar-refractivity contribution in [3.05, 3.63) is 28.3 Å². The van der Waals surface area contributed by atoms with Gasteiger partial charge in [0.25, 0.3) is 0 Å². The van der Waals surface area contributed by atoms with Crippen molar-refractivity contribution < 1.29 is 4.92 Å². The maximum atomic E-state index is 11.1. The fourth-order valence-electron chi connectivity index (χ4n) is 1.71. The minimum atomic E-state index is -0.338. The molecule has 5 nitrogen and oxygen atoms in total. The third kappa shape index (κ3) is 3.91. The van der Waals surface area contributed by atoms with Crippen LogP contribution < -0.4 is 10.6 Å². The molecular weight excluding hydrogens is 230 g/mol. The normalized spacial score (nSPS) is 10.4. The van der Waals surface area contributed by atoms with E-state index < -0.39 is 0 Å². The Morgan fingerprint density at radius 1 is 1.28 bits per heavy atom. The van der Waals surface area contributed by atoms with Gasteiger partial charge in [0.05, 0.1) is 4.92 Å². The van der Waals surface area contributed by atoms with Gasteiger partial charge in [-0.1, -0.05) is 19.9 Å². The van der Waals surface area contributed by atoms with Crippen LogP contribution in [0.25, 0.3) is 0 Å². The lowest BCUT2D eigenvalue weighted by Gasteiger charge is -2.11. The van der Waals surface area contributed by atoms with E-state index in [1.165, 1.54) is 0 Å². The Bertz CT molecular complexity index is 405. The molecular formula is C13H21N3O2. The topological polar surface area (TPSA) is 67.2 Å². The highest BCUT2D eigenvalue weighted by Gasteiger charge is 2.18. The predicted octanol–water partition coefficient (Wildman–Crippen LogP) is 3.48. The molecule has 0 aliphatic heterocycles. The first-order valence-corrected chi connectivity index (χ1v) is 6.31. The summed E-state index contributed by atoms with van der Waals surface area (Å²) in [6.07, 6.45) is 0.989. The molecule has 1 rings (SSSR count). The average Bonchev–Trinajstić information content (AvgIpc) is 2.28. The maximum absolute atomic E-state index is 11.1. The molecule has 0 fully saturated rings. The van der Waals surface area contributed by atoms with Crippen molar-refractivity contribution in [3.63, 3.8) is 0 Å². The van der Waals surface area contributed by atoms with E-state index in [-0.39, 0.29) is 10.6 Å². The summed E-state index contributed by atoms with van der Waals surface area (Å²) >= 11 is 0. The lowest BCUT2D eigenvalue weighted by atomic mass is 10.1. The molecule has 0 radical (unpaired) electrons. The second-order valence-electron chi connectivity index (χ2n) is 4.60. The van der Waals surface area contributed by atoms with E-state index >= 15 is 0 Å². The lowest BCUT2D eigenvalue weighted by molar-refractivity contribution is -0.383. The summed E-state index contributed by atoms with van der Waals surface area (Å²) < 4.78 is 0. The average molecular weight is 251 g/mol. The fraction of sp³-hybridized carbons (Fsp3) is 0.538. The van der Waals surface area contributed by atoms with Crippen LogP contribution in [0.4, 0.5) is 17.1 Å². The van der Waals surface area contributed by atoms with E-state index in [1.54, 1.807) is 12.1 Å². The van der Waals surface area contributed by atoms with E-state index in [9.17, 15) is 10.1 Å². The summed E-state index contributed by atoms with van der Waals surface area (Å²) in [7, 11) is 0. The molecule has 5 heteroatoms. The van der Waals surface area contributed by atoms with Crippen LogP contribution in [0.3, 0.4) is 0 Å². The number of nitro benzene ring substituents is 1. The minimum Gasteiger partial charge on any atom is -0.380 e. The van der Waals surface area contributed by atoms with Gasteiger partial charge in [-0.15, -0.1) is 0 Å². The van der Waals surface area contributed by atoms with Crippen LogP contribution in [-0.4, -0.2) is 18.0 Å². The molecule has 0 spiro atoms. The summed E-state index contributed by atoms with van der Waals surface area (Å²) in [5.74, 6) is 0.577. The Morgan fingerprint density at radius 3 is 2.39 bits per heavy atom. The second-order valence-corrected chi connectivity index (χ2v) is 4.60. The van der Waals surface area contributed by atoms with Crippen molar-refractivity contribution in [2.45, 2.75) is 27.2 Å². The standard InChI is InChI=1S/C13H21N3O2/c1-4-14-11-6-5-7-12(13(11)16(17)18)15-9-8-10(2)3/h5-7,10,14-15H,4,8-9H2,1-3H3. The molecule has 2 N–H and O–H groups in total. The summed E-state index contributed by atoms with van der Waals surface area (Å²) in [5, 5.41) is 17.3. The van der Waals surface area contributed by atoms with Gasteiger partial charge in [-0.05, 0) is 31.4 Å². The van der Waals surface area contributed by atoms with Crippen LogP contribution in [0, 0.1) is 16.0 Å². The number of nitro groups is 1. The molecule has 1 aromatic rings. The molecule has 0 unspecified atom stereocenters. The molecule has 0 bridgehead atoms. The number of hydrogen-bond acceptors (Lipinski definition) is 4. The van der Waals surface area contributed by atoms with Crippen molar-refractivity contribution in [1.82, 2.24) is 0 Å². The highest BCUT2D eigenvalue weighted by atomic mass is 16.6. The molecule has 100 valence electrons. The predicted molar refractivity (Wildman–Crippen MR) is 75.2 cm³/mol. The Kier molecular flexibility index (Phi) is 5.42. The van der Waals surface area contributed by atoms with Crippen molar-refractivity contribution in [1.29, 1.82) is 0 Å². The Morgan fingerprint density at radius 2 is 1.89 bits per heavy atom. The van der Waals surface area contributed by atoms with Gasteiger partial charge in [-0.2, -0.15) is 0 Å². The number of hydrogen-bond donors (Lipinski definition) is 2. The first-order chi connectivity index (χ1) is 8.56. The van der Waals surface area contributed by atoms with Gasteiger partial charge in [0.1, 0.15) is 11.4 Å². The maximum Gasteiger partial charge on any atom is 0.315 e. The molecule has 18 heavy (non-hydrogen) atoms. The van der Waals surface area contributed by atoms with E-state index in [2.05, 4.69) is 24.5 Å². The fourth-order valence-corrected chi connectivity index (χ4v) is 1.71. The lowest BCUT2D eigenvalue weighted by Crippen LogP contribution is -2.08. The van der Waals surface area contributed by atoms with E-state index in [1.807, 2.05) is 13.0 Å². The summed E-state index contributed by atoms with van der Waals surface area (Å²) in [6, 6.07) is 5.30. The van der Waals surface area contributed by atoms with Gasteiger partial charge in [0.15, 0.2) is 0 Å². The zero-order valence-corrected chi connectivity index (χ0v) is 11.2. The van der Waals surface area contributed by atoms with Crippen LogP contribution in [0.15, 0.2) is 18.2 Å². The van der Waals surface area contributed by atoms with Crippen molar-refractivity contribution >= 4 is 17.1 Å². The van der Waals surface area contributed by atoms with Gasteiger partial charge in [-0.3, -0.25) is 10.1 Å². The number of anilines is 2.